The zero-order valence-corrected chi connectivity index (χ0v) is 9.15. The molecule has 0 aromatic carbocycles. The summed E-state index contributed by atoms with van der Waals surface area (Å²) in [5.41, 5.74) is 5.70. The van der Waals surface area contributed by atoms with E-state index in [9.17, 15) is 4.79 Å². The van der Waals surface area contributed by atoms with E-state index < -0.39 is 0 Å². The predicted molar refractivity (Wildman–Crippen MR) is 55.4 cm³/mol. The van der Waals surface area contributed by atoms with Crippen LogP contribution in [0.2, 0.25) is 0 Å². The molecule has 0 aliphatic heterocycles. The molecular weight excluding hydrogens is 170 g/mol. The Morgan fingerprint density at radius 1 is 1.33 bits per heavy atom. The molecule has 0 aromatic heterocycles. The van der Waals surface area contributed by atoms with E-state index in [-0.39, 0.29) is 17.7 Å². The summed E-state index contributed by atoms with van der Waals surface area (Å²) in [6, 6.07) is -0.280. The number of ketones is 1. The van der Waals surface area contributed by atoms with Gasteiger partial charge in [-0.25, -0.2) is 0 Å². The largest absolute Gasteiger partial charge is 0.321 e. The Kier molecular flexibility index (Phi) is 5.59. The molecule has 0 aliphatic carbocycles. The highest BCUT2D eigenvalue weighted by molar-refractivity contribution is 7.99. The zero-order chi connectivity index (χ0) is 9.72. The van der Waals surface area contributed by atoms with Gasteiger partial charge >= 0.3 is 0 Å². The first-order valence-electron chi connectivity index (χ1n) is 4.36. The van der Waals surface area contributed by atoms with Crippen LogP contribution < -0.4 is 5.73 Å². The van der Waals surface area contributed by atoms with Gasteiger partial charge in [-0.1, -0.05) is 27.7 Å². The van der Waals surface area contributed by atoms with E-state index in [0.29, 0.717) is 5.25 Å². The summed E-state index contributed by atoms with van der Waals surface area (Å²) >= 11 is 1.74. The van der Waals surface area contributed by atoms with Crippen LogP contribution in [-0.4, -0.2) is 22.8 Å². The van der Waals surface area contributed by atoms with Gasteiger partial charge in [-0.15, -0.1) is 0 Å². The van der Waals surface area contributed by atoms with E-state index in [2.05, 4.69) is 13.8 Å². The molecule has 0 amide bonds. The van der Waals surface area contributed by atoms with Gasteiger partial charge in [0.15, 0.2) is 5.78 Å². The minimum atomic E-state index is -0.280. The van der Waals surface area contributed by atoms with E-state index in [4.69, 9.17) is 5.73 Å². The van der Waals surface area contributed by atoms with Crippen LogP contribution in [0.4, 0.5) is 0 Å². The highest BCUT2D eigenvalue weighted by Crippen LogP contribution is 2.11. The Morgan fingerprint density at radius 2 is 1.83 bits per heavy atom. The molecule has 2 N–H and O–H groups in total. The highest BCUT2D eigenvalue weighted by atomic mass is 32.2. The average Bonchev–Trinajstić information content (AvgIpc) is 1.98. The first kappa shape index (κ1) is 12.0. The van der Waals surface area contributed by atoms with Gasteiger partial charge in [0.1, 0.15) is 0 Å². The molecule has 0 unspecified atom stereocenters. The normalized spacial score (nSPS) is 13.9. The monoisotopic (exact) mass is 189 g/mol. The van der Waals surface area contributed by atoms with Crippen molar-refractivity contribution < 1.29 is 4.79 Å². The SMILES string of the molecule is CC(C)SC[C@H](N)C(=O)C(C)C. The fraction of sp³-hybridized carbons (Fsp3) is 0.889. The third kappa shape index (κ3) is 4.78. The van der Waals surface area contributed by atoms with Crippen LogP contribution in [-0.2, 0) is 4.79 Å². The van der Waals surface area contributed by atoms with E-state index in [1.54, 1.807) is 11.8 Å². The van der Waals surface area contributed by atoms with Gasteiger partial charge in [0.2, 0.25) is 0 Å². The molecule has 2 nitrogen and oxygen atoms in total. The van der Waals surface area contributed by atoms with Crippen molar-refractivity contribution in [2.75, 3.05) is 5.75 Å². The predicted octanol–water partition coefficient (Wildman–Crippen LogP) is 1.68. The lowest BCUT2D eigenvalue weighted by Gasteiger charge is -2.13. The minimum Gasteiger partial charge on any atom is -0.321 e. The van der Waals surface area contributed by atoms with Crippen LogP contribution in [0.25, 0.3) is 0 Å². The van der Waals surface area contributed by atoms with Crippen LogP contribution in [0.5, 0.6) is 0 Å². The first-order chi connectivity index (χ1) is 5.45. The minimum absolute atomic E-state index is 0.0627. The maximum Gasteiger partial charge on any atom is 0.152 e. The molecule has 0 aliphatic rings. The van der Waals surface area contributed by atoms with Crippen molar-refractivity contribution in [3.63, 3.8) is 0 Å². The standard InChI is InChI=1S/C9H19NOS/c1-6(2)9(11)8(10)5-12-7(3)4/h6-8H,5,10H2,1-4H3/t8-/m0/s1. The van der Waals surface area contributed by atoms with Crippen LogP contribution in [0, 0.1) is 5.92 Å². The number of hydrogen-bond acceptors (Lipinski definition) is 3. The number of Topliss-reactive ketones (excluding diaryl/α,β-unsaturated/α-hetero) is 1. The molecule has 72 valence electrons. The summed E-state index contributed by atoms with van der Waals surface area (Å²) in [7, 11) is 0. The molecule has 0 spiro atoms. The van der Waals surface area contributed by atoms with Crippen molar-refractivity contribution in [3.05, 3.63) is 0 Å². The van der Waals surface area contributed by atoms with E-state index in [1.807, 2.05) is 13.8 Å². The lowest BCUT2D eigenvalue weighted by Crippen LogP contribution is -2.36. The molecule has 0 saturated carbocycles. The fourth-order valence-corrected chi connectivity index (χ4v) is 1.56. The Hall–Kier alpha value is -0.0200. The molecule has 0 saturated heterocycles. The quantitative estimate of drug-likeness (QED) is 0.715. The number of nitrogens with two attached hydrogens (primary N) is 1. The van der Waals surface area contributed by atoms with Crippen LogP contribution in [0.3, 0.4) is 0 Å². The maximum atomic E-state index is 11.3. The first-order valence-corrected chi connectivity index (χ1v) is 5.41. The summed E-state index contributed by atoms with van der Waals surface area (Å²) in [4.78, 5) is 11.3. The molecule has 0 radical (unpaired) electrons. The molecule has 3 heteroatoms. The number of thioether (sulfide) groups is 1. The highest BCUT2D eigenvalue weighted by Gasteiger charge is 2.16. The van der Waals surface area contributed by atoms with Crippen molar-refractivity contribution in [2.45, 2.75) is 39.0 Å². The van der Waals surface area contributed by atoms with Gasteiger partial charge in [0.25, 0.3) is 0 Å². The average molecular weight is 189 g/mol. The molecule has 12 heavy (non-hydrogen) atoms. The Morgan fingerprint density at radius 3 is 2.17 bits per heavy atom. The van der Waals surface area contributed by atoms with Gasteiger partial charge in [-0.05, 0) is 5.25 Å². The van der Waals surface area contributed by atoms with Crippen molar-refractivity contribution in [1.29, 1.82) is 0 Å². The summed E-state index contributed by atoms with van der Waals surface area (Å²) in [5.74, 6) is 0.977. The lowest BCUT2D eigenvalue weighted by molar-refractivity contribution is -0.122. The zero-order valence-electron chi connectivity index (χ0n) is 8.33. The smallest absolute Gasteiger partial charge is 0.152 e. The van der Waals surface area contributed by atoms with Gasteiger partial charge in [0.05, 0.1) is 6.04 Å². The topological polar surface area (TPSA) is 43.1 Å². The third-order valence-corrected chi connectivity index (χ3v) is 2.76. The second-order valence-corrected chi connectivity index (χ2v) is 5.16. The molecule has 0 heterocycles. The summed E-state index contributed by atoms with van der Waals surface area (Å²) in [6.07, 6.45) is 0. The van der Waals surface area contributed by atoms with Crippen LogP contribution >= 0.6 is 11.8 Å². The summed E-state index contributed by atoms with van der Waals surface area (Å²) in [6.45, 7) is 8.00. The number of carbonyl (C=O) groups is 1. The van der Waals surface area contributed by atoms with Crippen molar-refractivity contribution in [1.82, 2.24) is 0 Å². The van der Waals surface area contributed by atoms with Crippen molar-refractivity contribution in [2.24, 2.45) is 11.7 Å². The molecule has 0 bridgehead atoms. The number of carbonyl (C=O) groups excluding carboxylic acids is 1. The molecule has 1 atom stereocenters. The van der Waals surface area contributed by atoms with E-state index in [0.717, 1.165) is 5.75 Å². The molecule has 0 aromatic rings. The fourth-order valence-electron chi connectivity index (χ4n) is 0.806. The van der Waals surface area contributed by atoms with Gasteiger partial charge in [-0.2, -0.15) is 11.8 Å². The van der Waals surface area contributed by atoms with E-state index in [1.165, 1.54) is 0 Å². The van der Waals surface area contributed by atoms with Crippen molar-refractivity contribution in [3.8, 4) is 0 Å². The lowest BCUT2D eigenvalue weighted by atomic mass is 10.0. The van der Waals surface area contributed by atoms with E-state index >= 15 is 0 Å². The summed E-state index contributed by atoms with van der Waals surface area (Å²) < 4.78 is 0. The second kappa shape index (κ2) is 5.60. The molecule has 0 rings (SSSR count). The number of rotatable bonds is 5. The molecule has 0 fully saturated rings. The van der Waals surface area contributed by atoms with Crippen LogP contribution in [0.1, 0.15) is 27.7 Å². The Bertz CT molecular complexity index is 145. The third-order valence-electron chi connectivity index (χ3n) is 1.54. The second-order valence-electron chi connectivity index (χ2n) is 3.55. The summed E-state index contributed by atoms with van der Waals surface area (Å²) in [5, 5.41) is 0.552. The van der Waals surface area contributed by atoms with Crippen LogP contribution in [0.15, 0.2) is 0 Å². The van der Waals surface area contributed by atoms with Crippen molar-refractivity contribution >= 4 is 17.5 Å². The Balaban J connectivity index is 3.72. The Labute approximate surface area is 79.3 Å². The van der Waals surface area contributed by atoms with Gasteiger partial charge in [-0.3, -0.25) is 4.79 Å². The van der Waals surface area contributed by atoms with Gasteiger partial charge < -0.3 is 5.73 Å². The molecular formula is C9H19NOS. The number of hydrogen-bond donors (Lipinski definition) is 1. The van der Waals surface area contributed by atoms with Gasteiger partial charge in [0, 0.05) is 11.7 Å². The maximum absolute atomic E-state index is 11.3.